The second-order valence-corrected chi connectivity index (χ2v) is 3.16. The maximum atomic E-state index is 13.1. The van der Waals surface area contributed by atoms with Gasteiger partial charge in [0.25, 0.3) is 0 Å². The third-order valence-corrected chi connectivity index (χ3v) is 1.68. The van der Waals surface area contributed by atoms with Gasteiger partial charge in [-0.3, -0.25) is 0 Å². The normalized spacial score (nSPS) is 11.9. The molecule has 15 heavy (non-hydrogen) atoms. The zero-order valence-electron chi connectivity index (χ0n) is 8.33. The van der Waals surface area contributed by atoms with Crippen molar-refractivity contribution in [2.75, 3.05) is 11.9 Å². The average Bonchev–Trinajstić information content (AvgIpc) is 2.18. The van der Waals surface area contributed by atoms with Crippen LogP contribution in [0.15, 0.2) is 24.3 Å². The molecule has 0 heterocycles. The molecule has 3 N–H and O–H groups in total. The van der Waals surface area contributed by atoms with Crippen molar-refractivity contribution in [2.24, 2.45) is 0 Å². The van der Waals surface area contributed by atoms with Crippen molar-refractivity contribution >= 4 is 11.7 Å². The molecule has 4 nitrogen and oxygen atoms in total. The van der Waals surface area contributed by atoms with Crippen molar-refractivity contribution in [3.63, 3.8) is 0 Å². The first kappa shape index (κ1) is 11.5. The second-order valence-electron chi connectivity index (χ2n) is 3.16. The number of rotatable bonds is 3. The zero-order valence-corrected chi connectivity index (χ0v) is 8.33. The van der Waals surface area contributed by atoms with Crippen LogP contribution in [-0.2, 0) is 0 Å². The summed E-state index contributed by atoms with van der Waals surface area (Å²) in [6.45, 7) is 1.67. The first-order valence-corrected chi connectivity index (χ1v) is 4.57. The summed E-state index contributed by atoms with van der Waals surface area (Å²) >= 11 is 0. The van der Waals surface area contributed by atoms with Crippen LogP contribution in [0.5, 0.6) is 0 Å². The molecular formula is C10H13FN2O2. The van der Waals surface area contributed by atoms with E-state index < -0.39 is 18.0 Å². The summed E-state index contributed by atoms with van der Waals surface area (Å²) in [6.07, 6.45) is -0.628. The molecule has 0 bridgehead atoms. The molecule has 5 heteroatoms. The van der Waals surface area contributed by atoms with E-state index in [4.69, 9.17) is 5.11 Å². The number of hydrogen-bond donors (Lipinski definition) is 3. The average molecular weight is 212 g/mol. The van der Waals surface area contributed by atoms with Gasteiger partial charge < -0.3 is 15.7 Å². The lowest BCUT2D eigenvalue weighted by Crippen LogP contribution is -2.34. The minimum absolute atomic E-state index is 0.112. The number of nitrogens with one attached hydrogen (secondary N) is 2. The molecule has 1 atom stereocenters. The summed E-state index contributed by atoms with van der Waals surface area (Å²) in [5.74, 6) is -0.496. The van der Waals surface area contributed by atoms with Gasteiger partial charge in [-0.15, -0.1) is 0 Å². The van der Waals surface area contributed by atoms with E-state index in [0.717, 1.165) is 0 Å². The van der Waals surface area contributed by atoms with Gasteiger partial charge >= 0.3 is 6.03 Å². The first-order valence-electron chi connectivity index (χ1n) is 4.57. The SMILES string of the molecule is C[C@H](O)CNC(=O)Nc1ccccc1F. The van der Waals surface area contributed by atoms with Crippen LogP contribution in [0, 0.1) is 5.82 Å². The number of carbonyl (C=O) groups excluding carboxylic acids is 1. The molecule has 0 radical (unpaired) electrons. The topological polar surface area (TPSA) is 61.4 Å². The molecule has 1 rings (SSSR count). The lowest BCUT2D eigenvalue weighted by atomic mass is 10.3. The van der Waals surface area contributed by atoms with E-state index in [2.05, 4.69) is 10.6 Å². The highest BCUT2D eigenvalue weighted by Gasteiger charge is 2.05. The minimum Gasteiger partial charge on any atom is -0.392 e. The largest absolute Gasteiger partial charge is 0.392 e. The molecule has 0 aliphatic rings. The maximum Gasteiger partial charge on any atom is 0.319 e. The number of aliphatic hydroxyl groups is 1. The maximum absolute atomic E-state index is 13.1. The molecule has 82 valence electrons. The summed E-state index contributed by atoms with van der Waals surface area (Å²) in [4.78, 5) is 11.2. The van der Waals surface area contributed by atoms with Crippen molar-refractivity contribution in [3.05, 3.63) is 30.1 Å². The highest BCUT2D eigenvalue weighted by atomic mass is 19.1. The Morgan fingerprint density at radius 1 is 1.53 bits per heavy atom. The van der Waals surface area contributed by atoms with E-state index in [1.807, 2.05) is 0 Å². The Labute approximate surface area is 87.1 Å². The van der Waals surface area contributed by atoms with E-state index in [1.54, 1.807) is 13.0 Å². The van der Waals surface area contributed by atoms with Crippen molar-refractivity contribution in [1.82, 2.24) is 5.32 Å². The predicted molar refractivity (Wildman–Crippen MR) is 55.1 cm³/mol. The Morgan fingerprint density at radius 3 is 2.80 bits per heavy atom. The van der Waals surface area contributed by atoms with Crippen LogP contribution in [-0.4, -0.2) is 23.8 Å². The number of para-hydroxylation sites is 1. The summed E-state index contributed by atoms with van der Waals surface area (Å²) in [6, 6.07) is 5.32. The quantitative estimate of drug-likeness (QED) is 0.707. The number of hydrogen-bond acceptors (Lipinski definition) is 2. The molecule has 0 aromatic heterocycles. The molecule has 0 aliphatic carbocycles. The highest BCUT2D eigenvalue weighted by Crippen LogP contribution is 2.11. The summed E-state index contributed by atoms with van der Waals surface area (Å²) in [5, 5.41) is 13.6. The molecule has 1 aromatic rings. The summed E-state index contributed by atoms with van der Waals surface area (Å²) < 4.78 is 13.1. The van der Waals surface area contributed by atoms with Crippen LogP contribution in [0.4, 0.5) is 14.9 Å². The Hall–Kier alpha value is -1.62. The third-order valence-electron chi connectivity index (χ3n) is 1.68. The number of aliphatic hydroxyl groups excluding tert-OH is 1. The minimum atomic E-state index is -0.628. The first-order chi connectivity index (χ1) is 7.09. The zero-order chi connectivity index (χ0) is 11.3. The fraction of sp³-hybridized carbons (Fsp3) is 0.300. The van der Waals surface area contributed by atoms with Crippen LogP contribution in [0.25, 0.3) is 0 Å². The summed E-state index contributed by atoms with van der Waals surface area (Å²) in [7, 11) is 0. The van der Waals surface area contributed by atoms with E-state index in [9.17, 15) is 9.18 Å². The highest BCUT2D eigenvalue weighted by molar-refractivity contribution is 5.89. The van der Waals surface area contributed by atoms with Crippen LogP contribution < -0.4 is 10.6 Å². The molecule has 0 saturated carbocycles. The Bertz CT molecular complexity index is 342. The molecule has 0 aliphatic heterocycles. The number of amides is 2. The van der Waals surface area contributed by atoms with Crippen LogP contribution in [0.2, 0.25) is 0 Å². The van der Waals surface area contributed by atoms with Crippen LogP contribution >= 0.6 is 0 Å². The van der Waals surface area contributed by atoms with Gasteiger partial charge in [0.15, 0.2) is 0 Å². The fourth-order valence-corrected chi connectivity index (χ4v) is 0.969. The predicted octanol–water partition coefficient (Wildman–Crippen LogP) is 1.33. The third kappa shape index (κ3) is 3.95. The monoisotopic (exact) mass is 212 g/mol. The van der Waals surface area contributed by atoms with Crippen molar-refractivity contribution in [3.8, 4) is 0 Å². The number of carbonyl (C=O) groups is 1. The standard InChI is InChI=1S/C10H13FN2O2/c1-7(14)6-12-10(15)13-9-5-3-2-4-8(9)11/h2-5,7,14H,6H2,1H3,(H2,12,13,15)/t7-/m0/s1. The van der Waals surface area contributed by atoms with Gasteiger partial charge in [0.1, 0.15) is 5.82 Å². The second kappa shape index (κ2) is 5.31. The van der Waals surface area contributed by atoms with Gasteiger partial charge in [-0.1, -0.05) is 12.1 Å². The summed E-state index contributed by atoms with van der Waals surface area (Å²) in [5.41, 5.74) is 0.112. The molecule has 1 aromatic carbocycles. The lowest BCUT2D eigenvalue weighted by Gasteiger charge is -2.09. The van der Waals surface area contributed by atoms with E-state index in [0.29, 0.717) is 0 Å². The van der Waals surface area contributed by atoms with Crippen molar-refractivity contribution in [1.29, 1.82) is 0 Å². The number of halogens is 1. The Balaban J connectivity index is 2.48. The van der Waals surface area contributed by atoms with Gasteiger partial charge in [-0.05, 0) is 19.1 Å². The number of benzene rings is 1. The molecule has 0 unspecified atom stereocenters. The Kier molecular flexibility index (Phi) is 4.05. The lowest BCUT2D eigenvalue weighted by molar-refractivity contribution is 0.190. The van der Waals surface area contributed by atoms with Crippen LogP contribution in [0.1, 0.15) is 6.92 Å². The van der Waals surface area contributed by atoms with Gasteiger partial charge in [-0.2, -0.15) is 0 Å². The van der Waals surface area contributed by atoms with Crippen molar-refractivity contribution < 1.29 is 14.3 Å². The molecule has 0 spiro atoms. The molecule has 0 fully saturated rings. The van der Waals surface area contributed by atoms with E-state index in [1.165, 1.54) is 18.2 Å². The van der Waals surface area contributed by atoms with Gasteiger partial charge in [0, 0.05) is 6.54 Å². The molecule has 0 saturated heterocycles. The molecule has 2 amide bonds. The van der Waals surface area contributed by atoms with E-state index in [-0.39, 0.29) is 12.2 Å². The van der Waals surface area contributed by atoms with Crippen LogP contribution in [0.3, 0.4) is 0 Å². The fourth-order valence-electron chi connectivity index (χ4n) is 0.969. The van der Waals surface area contributed by atoms with Gasteiger partial charge in [0.05, 0.1) is 11.8 Å². The Morgan fingerprint density at radius 2 is 2.20 bits per heavy atom. The molecular weight excluding hydrogens is 199 g/mol. The number of urea groups is 1. The number of anilines is 1. The van der Waals surface area contributed by atoms with E-state index >= 15 is 0 Å². The smallest absolute Gasteiger partial charge is 0.319 e. The van der Waals surface area contributed by atoms with Gasteiger partial charge in [-0.25, -0.2) is 9.18 Å². The van der Waals surface area contributed by atoms with Gasteiger partial charge in [0.2, 0.25) is 0 Å². The van der Waals surface area contributed by atoms with Crippen molar-refractivity contribution in [2.45, 2.75) is 13.0 Å².